The Bertz CT molecular complexity index is 1310. The lowest BCUT2D eigenvalue weighted by atomic mass is 10.2. The van der Waals surface area contributed by atoms with Gasteiger partial charge in [0, 0.05) is 36.4 Å². The average molecular weight is 422 g/mol. The fourth-order valence-corrected chi connectivity index (χ4v) is 4.54. The van der Waals surface area contributed by atoms with Crippen molar-refractivity contribution in [2.75, 3.05) is 18.0 Å². The molecule has 2 fully saturated rings. The van der Waals surface area contributed by atoms with Crippen molar-refractivity contribution >= 4 is 28.5 Å². The predicted octanol–water partition coefficient (Wildman–Crippen LogP) is 2.12. The zero-order valence-electron chi connectivity index (χ0n) is 15.7. The summed E-state index contributed by atoms with van der Waals surface area (Å²) in [6, 6.07) is 7.09. The lowest BCUT2D eigenvalue weighted by Crippen LogP contribution is -2.24. The molecule has 10 heteroatoms. The number of aromatic nitrogens is 6. The third kappa shape index (κ3) is 2.85. The number of hydrogen-bond donors (Lipinski definition) is 0. The summed E-state index contributed by atoms with van der Waals surface area (Å²) in [7, 11) is 0. The van der Waals surface area contributed by atoms with Gasteiger partial charge in [-0.05, 0) is 36.1 Å². The maximum atomic E-state index is 12.6. The molecule has 1 aliphatic carbocycles. The lowest BCUT2D eigenvalue weighted by Gasteiger charge is -2.20. The molecule has 0 spiro atoms. The van der Waals surface area contributed by atoms with E-state index in [1.807, 2.05) is 6.07 Å². The minimum atomic E-state index is -0.180. The quantitative estimate of drug-likeness (QED) is 0.493. The second kappa shape index (κ2) is 6.60. The van der Waals surface area contributed by atoms with Crippen LogP contribution in [0, 0.1) is 11.8 Å². The van der Waals surface area contributed by atoms with Gasteiger partial charge >= 0.3 is 0 Å². The standard InChI is InChI=1S/C20H16ClN7O2/c21-11-3-5-22-15(6-11)27-7-13-14(8-27)17(13)19-25-16(30-26-19)9-28-10-24-18-12(20(28)29)2-1-4-23-18/h1-6,10,13-14,17H,7-9H2/t13-,14+,17+. The molecule has 0 unspecified atom stereocenters. The van der Waals surface area contributed by atoms with Crippen molar-refractivity contribution in [3.05, 3.63) is 70.1 Å². The molecule has 5 heterocycles. The second-order valence-corrected chi connectivity index (χ2v) is 8.13. The number of rotatable bonds is 4. The Labute approximate surface area is 175 Å². The highest BCUT2D eigenvalue weighted by molar-refractivity contribution is 6.30. The van der Waals surface area contributed by atoms with Gasteiger partial charge in [0.1, 0.15) is 18.7 Å². The van der Waals surface area contributed by atoms with Gasteiger partial charge in [-0.25, -0.2) is 15.0 Å². The molecular weight excluding hydrogens is 406 g/mol. The molecule has 0 N–H and O–H groups in total. The van der Waals surface area contributed by atoms with Crippen LogP contribution in [0.1, 0.15) is 17.6 Å². The van der Waals surface area contributed by atoms with E-state index in [9.17, 15) is 4.79 Å². The summed E-state index contributed by atoms with van der Waals surface area (Å²) >= 11 is 6.08. The van der Waals surface area contributed by atoms with Crippen molar-refractivity contribution in [2.24, 2.45) is 11.8 Å². The molecule has 30 heavy (non-hydrogen) atoms. The maximum absolute atomic E-state index is 12.6. The van der Waals surface area contributed by atoms with E-state index in [0.717, 1.165) is 18.9 Å². The number of halogens is 1. The zero-order chi connectivity index (χ0) is 20.2. The van der Waals surface area contributed by atoms with E-state index in [1.165, 1.54) is 10.9 Å². The number of nitrogens with zero attached hydrogens (tertiary/aromatic N) is 7. The fraction of sp³-hybridized carbons (Fsp3) is 0.300. The van der Waals surface area contributed by atoms with Gasteiger partial charge in [-0.3, -0.25) is 9.36 Å². The van der Waals surface area contributed by atoms with Gasteiger partial charge in [-0.2, -0.15) is 4.98 Å². The molecule has 2 aliphatic rings. The highest BCUT2D eigenvalue weighted by atomic mass is 35.5. The normalized spacial score (nSPS) is 22.4. The number of pyridine rings is 2. The lowest BCUT2D eigenvalue weighted by molar-refractivity contribution is 0.363. The maximum Gasteiger partial charge on any atom is 0.263 e. The summed E-state index contributed by atoms with van der Waals surface area (Å²) in [6.45, 7) is 1.98. The Morgan fingerprint density at radius 3 is 2.83 bits per heavy atom. The van der Waals surface area contributed by atoms with Crippen molar-refractivity contribution in [2.45, 2.75) is 12.5 Å². The van der Waals surface area contributed by atoms with E-state index < -0.39 is 0 Å². The Hall–Kier alpha value is -3.33. The van der Waals surface area contributed by atoms with Crippen LogP contribution in [0.25, 0.3) is 11.0 Å². The fourth-order valence-electron chi connectivity index (χ4n) is 4.39. The highest BCUT2D eigenvalue weighted by Crippen LogP contribution is 2.57. The first-order valence-corrected chi connectivity index (χ1v) is 10.0. The molecule has 1 aliphatic heterocycles. The molecule has 6 rings (SSSR count). The van der Waals surface area contributed by atoms with E-state index >= 15 is 0 Å². The van der Waals surface area contributed by atoms with Crippen molar-refractivity contribution in [1.82, 2.24) is 29.7 Å². The smallest absolute Gasteiger partial charge is 0.263 e. The van der Waals surface area contributed by atoms with E-state index in [1.54, 1.807) is 30.6 Å². The molecule has 0 bridgehead atoms. The predicted molar refractivity (Wildman–Crippen MR) is 108 cm³/mol. The molecular formula is C20H16ClN7O2. The van der Waals surface area contributed by atoms with Gasteiger partial charge in [0.15, 0.2) is 11.5 Å². The molecule has 3 atom stereocenters. The summed E-state index contributed by atoms with van der Waals surface area (Å²) in [5, 5.41) is 5.32. The molecule has 0 aromatic carbocycles. The molecule has 1 saturated heterocycles. The number of hydrogen-bond acceptors (Lipinski definition) is 8. The van der Waals surface area contributed by atoms with Gasteiger partial charge in [0.2, 0.25) is 5.89 Å². The minimum Gasteiger partial charge on any atom is -0.356 e. The second-order valence-electron chi connectivity index (χ2n) is 7.69. The van der Waals surface area contributed by atoms with Gasteiger partial charge in [0.05, 0.1) is 5.39 Å². The first-order chi connectivity index (χ1) is 14.7. The Morgan fingerprint density at radius 2 is 2.00 bits per heavy atom. The van der Waals surface area contributed by atoms with Crippen LogP contribution in [0.15, 0.2) is 52.3 Å². The van der Waals surface area contributed by atoms with Crippen molar-refractivity contribution in [3.8, 4) is 0 Å². The van der Waals surface area contributed by atoms with Crippen LogP contribution in [0.5, 0.6) is 0 Å². The Kier molecular flexibility index (Phi) is 3.85. The summed E-state index contributed by atoms with van der Waals surface area (Å²) in [4.78, 5) is 32.1. The van der Waals surface area contributed by atoms with Crippen molar-refractivity contribution in [3.63, 3.8) is 0 Å². The van der Waals surface area contributed by atoms with Crippen LogP contribution in [-0.4, -0.2) is 42.7 Å². The van der Waals surface area contributed by atoms with Crippen molar-refractivity contribution < 1.29 is 4.52 Å². The summed E-state index contributed by atoms with van der Waals surface area (Å²) in [5.74, 6) is 3.26. The number of anilines is 1. The molecule has 9 nitrogen and oxygen atoms in total. The molecule has 150 valence electrons. The third-order valence-electron chi connectivity index (χ3n) is 5.91. The van der Waals surface area contributed by atoms with E-state index in [4.69, 9.17) is 16.1 Å². The van der Waals surface area contributed by atoms with Gasteiger partial charge < -0.3 is 9.42 Å². The molecule has 1 saturated carbocycles. The molecule has 4 aromatic heterocycles. The SMILES string of the molecule is O=c1c2cccnc2ncn1Cc1nc([C@H]2[C@@H]3CN(c4cc(Cl)ccn4)C[C@@H]32)no1. The van der Waals surface area contributed by atoms with Crippen LogP contribution < -0.4 is 10.5 Å². The van der Waals surface area contributed by atoms with Crippen LogP contribution in [0.3, 0.4) is 0 Å². The van der Waals surface area contributed by atoms with Gasteiger partial charge in [-0.1, -0.05) is 16.8 Å². The Morgan fingerprint density at radius 1 is 1.13 bits per heavy atom. The molecule has 0 amide bonds. The van der Waals surface area contributed by atoms with Gasteiger partial charge in [-0.15, -0.1) is 0 Å². The average Bonchev–Trinajstić information content (AvgIpc) is 3.10. The Balaban J connectivity index is 1.16. The van der Waals surface area contributed by atoms with Crippen molar-refractivity contribution in [1.29, 1.82) is 0 Å². The number of piperidine rings is 1. The molecule has 0 radical (unpaired) electrons. The highest BCUT2D eigenvalue weighted by Gasteiger charge is 2.58. The largest absolute Gasteiger partial charge is 0.356 e. The van der Waals surface area contributed by atoms with Crippen LogP contribution in [-0.2, 0) is 6.54 Å². The first-order valence-electron chi connectivity index (χ1n) is 9.66. The zero-order valence-corrected chi connectivity index (χ0v) is 16.5. The molecule has 4 aromatic rings. The monoisotopic (exact) mass is 421 g/mol. The van der Waals surface area contributed by atoms with E-state index in [-0.39, 0.29) is 18.0 Å². The van der Waals surface area contributed by atoms with E-state index in [0.29, 0.717) is 39.6 Å². The number of fused-ring (bicyclic) bond motifs is 2. The summed E-state index contributed by atoms with van der Waals surface area (Å²) in [6.07, 6.45) is 4.80. The first kappa shape index (κ1) is 17.5. The van der Waals surface area contributed by atoms with Crippen LogP contribution in [0.2, 0.25) is 5.02 Å². The van der Waals surface area contributed by atoms with Crippen LogP contribution >= 0.6 is 11.6 Å². The van der Waals surface area contributed by atoms with Gasteiger partial charge in [0.25, 0.3) is 5.56 Å². The minimum absolute atomic E-state index is 0.180. The summed E-state index contributed by atoms with van der Waals surface area (Å²) < 4.78 is 6.88. The van der Waals surface area contributed by atoms with Crippen LogP contribution in [0.4, 0.5) is 5.82 Å². The summed E-state index contributed by atoms with van der Waals surface area (Å²) in [5.41, 5.74) is 0.246. The third-order valence-corrected chi connectivity index (χ3v) is 6.15. The van der Waals surface area contributed by atoms with E-state index in [2.05, 4.69) is 30.0 Å². The topological polar surface area (TPSA) is 103 Å².